The minimum atomic E-state index is -2.72. The van der Waals surface area contributed by atoms with Crippen LogP contribution in [0.1, 0.15) is 30.4 Å². The molecule has 1 N–H and O–H groups in total. The first-order valence-electron chi connectivity index (χ1n) is 5.19. The lowest BCUT2D eigenvalue weighted by Gasteiger charge is -2.16. The first kappa shape index (κ1) is 14.2. The van der Waals surface area contributed by atoms with Gasteiger partial charge in [0, 0.05) is 5.56 Å². The number of ether oxygens (including phenoxy) is 2. The second-order valence-electron chi connectivity index (χ2n) is 3.70. The van der Waals surface area contributed by atoms with Gasteiger partial charge in [0.2, 0.25) is 0 Å². The summed E-state index contributed by atoms with van der Waals surface area (Å²) in [6.07, 6.45) is -2.72. The van der Waals surface area contributed by atoms with Crippen LogP contribution in [0.25, 0.3) is 0 Å². The van der Waals surface area contributed by atoms with E-state index in [2.05, 4.69) is 0 Å². The minimum Gasteiger partial charge on any atom is -0.496 e. The first-order chi connectivity index (χ1) is 8.42. The molecule has 0 aromatic heterocycles. The monoisotopic (exact) mass is 260 g/mol. The van der Waals surface area contributed by atoms with Crippen LogP contribution in [0.2, 0.25) is 0 Å². The average molecular weight is 260 g/mol. The summed E-state index contributed by atoms with van der Waals surface area (Å²) >= 11 is 0. The number of halogens is 2. The molecule has 0 heterocycles. The number of hydrogen-bond acceptors (Lipinski definition) is 3. The molecule has 0 fully saturated rings. The van der Waals surface area contributed by atoms with Gasteiger partial charge >= 0.3 is 5.97 Å². The van der Waals surface area contributed by atoms with Gasteiger partial charge in [0.25, 0.3) is 6.43 Å². The summed E-state index contributed by atoms with van der Waals surface area (Å²) < 4.78 is 35.3. The van der Waals surface area contributed by atoms with Gasteiger partial charge in [-0.3, -0.25) is 4.79 Å². The number of benzene rings is 1. The molecule has 0 aliphatic carbocycles. The maximum Gasteiger partial charge on any atom is 0.310 e. The standard InChI is InChI=1S/C12H14F2O4/c1-6(12(15)16)7-4-10(18-3)8(11(13)14)5-9(7)17-2/h4-6,11H,1-3H3,(H,15,16). The summed E-state index contributed by atoms with van der Waals surface area (Å²) in [5.74, 6) is -1.88. The molecule has 0 amide bonds. The maximum atomic E-state index is 12.8. The third kappa shape index (κ3) is 2.69. The lowest BCUT2D eigenvalue weighted by molar-refractivity contribution is -0.138. The van der Waals surface area contributed by atoms with Crippen molar-refractivity contribution in [2.75, 3.05) is 14.2 Å². The van der Waals surface area contributed by atoms with E-state index in [0.29, 0.717) is 5.56 Å². The molecule has 1 atom stereocenters. The fourth-order valence-corrected chi connectivity index (χ4v) is 1.59. The van der Waals surface area contributed by atoms with Crippen LogP contribution < -0.4 is 9.47 Å². The Morgan fingerprint density at radius 1 is 1.17 bits per heavy atom. The van der Waals surface area contributed by atoms with Gasteiger partial charge in [-0.1, -0.05) is 0 Å². The van der Waals surface area contributed by atoms with E-state index >= 15 is 0 Å². The Labute approximate surface area is 103 Å². The molecule has 6 heteroatoms. The largest absolute Gasteiger partial charge is 0.496 e. The fourth-order valence-electron chi connectivity index (χ4n) is 1.59. The molecular formula is C12H14F2O4. The molecule has 1 aromatic rings. The highest BCUT2D eigenvalue weighted by Crippen LogP contribution is 2.38. The lowest BCUT2D eigenvalue weighted by Crippen LogP contribution is -2.10. The van der Waals surface area contributed by atoms with Gasteiger partial charge in [0.05, 0.1) is 25.7 Å². The number of carbonyl (C=O) groups is 1. The lowest BCUT2D eigenvalue weighted by atomic mass is 9.98. The highest BCUT2D eigenvalue weighted by Gasteiger charge is 2.23. The van der Waals surface area contributed by atoms with Gasteiger partial charge in [-0.25, -0.2) is 8.78 Å². The quantitative estimate of drug-likeness (QED) is 0.884. The number of rotatable bonds is 5. The predicted octanol–water partition coefficient (Wildman–Crippen LogP) is 2.83. The SMILES string of the molecule is COc1cc(C(C)C(=O)O)c(OC)cc1C(F)F. The van der Waals surface area contributed by atoms with Crippen molar-refractivity contribution < 1.29 is 28.2 Å². The Balaban J connectivity index is 3.39. The van der Waals surface area contributed by atoms with Gasteiger partial charge in [-0.05, 0) is 19.1 Å². The second-order valence-corrected chi connectivity index (χ2v) is 3.70. The molecule has 0 saturated carbocycles. The van der Waals surface area contributed by atoms with Gasteiger partial charge in [-0.2, -0.15) is 0 Å². The zero-order valence-corrected chi connectivity index (χ0v) is 10.2. The van der Waals surface area contributed by atoms with Crippen LogP contribution in [0.5, 0.6) is 11.5 Å². The molecule has 0 spiro atoms. The van der Waals surface area contributed by atoms with Crippen LogP contribution in [-0.2, 0) is 4.79 Å². The van der Waals surface area contributed by atoms with E-state index in [1.165, 1.54) is 27.2 Å². The molecular weight excluding hydrogens is 246 g/mol. The highest BCUT2D eigenvalue weighted by atomic mass is 19.3. The van der Waals surface area contributed by atoms with Crippen LogP contribution in [0.3, 0.4) is 0 Å². The Hall–Kier alpha value is -1.85. The molecule has 0 aliphatic rings. The summed E-state index contributed by atoms with van der Waals surface area (Å²) in [5.41, 5.74) is -0.0260. The van der Waals surface area contributed by atoms with Gasteiger partial charge in [0.1, 0.15) is 11.5 Å². The number of carboxylic acid groups (broad SMARTS) is 1. The van der Waals surface area contributed by atoms with Crippen molar-refractivity contribution in [3.63, 3.8) is 0 Å². The van der Waals surface area contributed by atoms with Gasteiger partial charge in [0.15, 0.2) is 0 Å². The van der Waals surface area contributed by atoms with E-state index in [1.807, 2.05) is 0 Å². The van der Waals surface area contributed by atoms with Gasteiger partial charge in [-0.15, -0.1) is 0 Å². The smallest absolute Gasteiger partial charge is 0.310 e. The molecule has 1 aromatic carbocycles. The Morgan fingerprint density at radius 3 is 2.00 bits per heavy atom. The topological polar surface area (TPSA) is 55.8 Å². The number of carboxylic acids is 1. The number of methoxy groups -OCH3 is 2. The van der Waals surface area contributed by atoms with E-state index in [0.717, 1.165) is 6.07 Å². The fraction of sp³-hybridized carbons (Fsp3) is 0.417. The summed E-state index contributed by atoms with van der Waals surface area (Å²) in [6.45, 7) is 1.45. The molecule has 0 bridgehead atoms. The molecule has 18 heavy (non-hydrogen) atoms. The second kappa shape index (κ2) is 5.66. The van der Waals surface area contributed by atoms with Crippen LogP contribution >= 0.6 is 0 Å². The number of alkyl halides is 2. The van der Waals surface area contributed by atoms with Crippen LogP contribution in [-0.4, -0.2) is 25.3 Å². The molecule has 1 rings (SSSR count). The van der Waals surface area contributed by atoms with Crippen molar-refractivity contribution in [2.24, 2.45) is 0 Å². The summed E-state index contributed by atoms with van der Waals surface area (Å²) in [5, 5.41) is 8.95. The van der Waals surface area contributed by atoms with E-state index in [4.69, 9.17) is 14.6 Å². The van der Waals surface area contributed by atoms with Crippen LogP contribution in [0, 0.1) is 0 Å². The molecule has 1 unspecified atom stereocenters. The third-order valence-electron chi connectivity index (χ3n) is 2.65. The van der Waals surface area contributed by atoms with Crippen molar-refractivity contribution in [2.45, 2.75) is 19.3 Å². The minimum absolute atomic E-state index is 0.0473. The maximum absolute atomic E-state index is 12.8. The summed E-state index contributed by atoms with van der Waals surface area (Å²) in [6, 6.07) is 2.39. The molecule has 0 saturated heterocycles. The van der Waals surface area contributed by atoms with Crippen LogP contribution in [0.4, 0.5) is 8.78 Å². The molecule has 0 aliphatic heterocycles. The molecule has 100 valence electrons. The molecule has 4 nitrogen and oxygen atoms in total. The van der Waals surface area contributed by atoms with E-state index < -0.39 is 18.3 Å². The third-order valence-corrected chi connectivity index (χ3v) is 2.65. The van der Waals surface area contributed by atoms with E-state index in [1.54, 1.807) is 0 Å². The van der Waals surface area contributed by atoms with Gasteiger partial charge < -0.3 is 14.6 Å². The first-order valence-corrected chi connectivity index (χ1v) is 5.19. The summed E-state index contributed by atoms with van der Waals surface area (Å²) in [7, 11) is 2.55. The van der Waals surface area contributed by atoms with E-state index in [-0.39, 0.29) is 17.1 Å². The van der Waals surface area contributed by atoms with Crippen molar-refractivity contribution >= 4 is 5.97 Å². The number of aliphatic carboxylic acids is 1. The van der Waals surface area contributed by atoms with Crippen molar-refractivity contribution in [3.05, 3.63) is 23.3 Å². The predicted molar refractivity (Wildman–Crippen MR) is 60.6 cm³/mol. The van der Waals surface area contributed by atoms with Crippen LogP contribution in [0.15, 0.2) is 12.1 Å². The Bertz CT molecular complexity index is 446. The normalized spacial score (nSPS) is 12.3. The van der Waals surface area contributed by atoms with Crippen molar-refractivity contribution in [1.82, 2.24) is 0 Å². The zero-order chi connectivity index (χ0) is 13.9. The van der Waals surface area contributed by atoms with E-state index in [9.17, 15) is 13.6 Å². The highest BCUT2D eigenvalue weighted by molar-refractivity contribution is 5.77. The average Bonchev–Trinajstić information content (AvgIpc) is 2.35. The Kier molecular flexibility index (Phi) is 4.47. The van der Waals surface area contributed by atoms with Crippen molar-refractivity contribution in [3.8, 4) is 11.5 Å². The number of hydrogen-bond donors (Lipinski definition) is 1. The summed E-state index contributed by atoms with van der Waals surface area (Å²) in [4.78, 5) is 10.9. The zero-order valence-electron chi connectivity index (χ0n) is 10.2. The Morgan fingerprint density at radius 2 is 1.61 bits per heavy atom. The molecule has 0 radical (unpaired) electrons. The van der Waals surface area contributed by atoms with Crippen molar-refractivity contribution in [1.29, 1.82) is 0 Å².